The first-order valence-electron chi connectivity index (χ1n) is 4.34. The average Bonchev–Trinajstić information content (AvgIpc) is 2.00. The summed E-state index contributed by atoms with van der Waals surface area (Å²) in [6, 6.07) is 0. The van der Waals surface area contributed by atoms with Crippen molar-refractivity contribution in [2.24, 2.45) is 0 Å². The Kier molecular flexibility index (Phi) is 6.07. The maximum atomic E-state index is 11.7. The molecule has 80 valence electrons. The molecule has 0 fully saturated rings. The second-order valence-electron chi connectivity index (χ2n) is 2.88. The molecule has 1 N–H and O–H groups in total. The Balaban J connectivity index is 3.35. The molecule has 2 nitrogen and oxygen atoms in total. The predicted molar refractivity (Wildman–Crippen MR) is 44.6 cm³/mol. The lowest BCUT2D eigenvalue weighted by atomic mass is 10.3. The third-order valence-electron chi connectivity index (χ3n) is 1.51. The molecule has 5 heteroatoms. The molecule has 0 saturated carbocycles. The molecular weight excluding hydrogens is 183 g/mol. The van der Waals surface area contributed by atoms with E-state index >= 15 is 0 Å². The molecule has 0 bridgehead atoms. The average molecular weight is 199 g/mol. The van der Waals surface area contributed by atoms with Crippen molar-refractivity contribution in [3.8, 4) is 0 Å². The van der Waals surface area contributed by atoms with Gasteiger partial charge in [-0.1, -0.05) is 6.92 Å². The zero-order chi connectivity index (χ0) is 10.3. The van der Waals surface area contributed by atoms with Crippen LogP contribution in [0.5, 0.6) is 0 Å². The van der Waals surface area contributed by atoms with Gasteiger partial charge in [-0.25, -0.2) is 0 Å². The van der Waals surface area contributed by atoms with Gasteiger partial charge in [-0.05, 0) is 26.4 Å². The summed E-state index contributed by atoms with van der Waals surface area (Å²) in [5, 5.41) is 3.02. The topological polar surface area (TPSA) is 21.3 Å². The molecule has 0 aliphatic rings. The molecular formula is C8H16F3NO. The predicted octanol–water partition coefficient (Wildman–Crippen LogP) is 1.95. The van der Waals surface area contributed by atoms with E-state index in [4.69, 9.17) is 0 Å². The van der Waals surface area contributed by atoms with Crippen molar-refractivity contribution in [3.05, 3.63) is 0 Å². The van der Waals surface area contributed by atoms with Crippen LogP contribution >= 0.6 is 0 Å². The van der Waals surface area contributed by atoms with Crippen molar-refractivity contribution in [2.75, 3.05) is 19.7 Å². The number of nitrogens with one attached hydrogen (secondary N) is 1. The summed E-state index contributed by atoms with van der Waals surface area (Å²) in [6.07, 6.45) is -3.96. The highest BCUT2D eigenvalue weighted by Crippen LogP contribution is 2.15. The van der Waals surface area contributed by atoms with Crippen LogP contribution in [0.1, 0.15) is 20.3 Å². The molecule has 0 aromatic rings. The van der Waals surface area contributed by atoms with Gasteiger partial charge in [0.2, 0.25) is 0 Å². The maximum absolute atomic E-state index is 11.7. The van der Waals surface area contributed by atoms with E-state index in [1.54, 1.807) is 6.92 Å². The highest BCUT2D eigenvalue weighted by Gasteiger charge is 2.28. The Bertz CT molecular complexity index is 127. The van der Waals surface area contributed by atoms with E-state index in [-0.39, 0.29) is 6.10 Å². The smallest absolute Gasteiger partial charge is 0.369 e. The Morgan fingerprint density at radius 1 is 1.38 bits per heavy atom. The van der Waals surface area contributed by atoms with Crippen LogP contribution in [-0.4, -0.2) is 32.0 Å². The van der Waals surface area contributed by atoms with Gasteiger partial charge in [0, 0.05) is 0 Å². The molecule has 0 saturated heterocycles. The Morgan fingerprint density at radius 2 is 2.00 bits per heavy atom. The largest absolute Gasteiger partial charge is 0.411 e. The Labute approximate surface area is 76.5 Å². The minimum absolute atomic E-state index is 0.347. The summed E-state index contributed by atoms with van der Waals surface area (Å²) in [5.41, 5.74) is 0. The monoisotopic (exact) mass is 199 g/mol. The van der Waals surface area contributed by atoms with Crippen molar-refractivity contribution in [1.82, 2.24) is 5.32 Å². The molecule has 1 atom stereocenters. The summed E-state index contributed by atoms with van der Waals surface area (Å²) in [4.78, 5) is 0. The zero-order valence-corrected chi connectivity index (χ0v) is 7.95. The second-order valence-corrected chi connectivity index (χ2v) is 2.88. The summed E-state index contributed by atoms with van der Waals surface area (Å²) in [7, 11) is 0. The molecule has 0 heterocycles. The third-order valence-corrected chi connectivity index (χ3v) is 1.51. The van der Waals surface area contributed by atoms with E-state index in [0.717, 1.165) is 6.54 Å². The standard InChI is InChI=1S/C8H16F3NO/c1-3-12-5-4-7(2)13-6-8(9,10)11/h7,12H,3-6H2,1-2H3. The van der Waals surface area contributed by atoms with Gasteiger partial charge in [-0.2, -0.15) is 13.2 Å². The van der Waals surface area contributed by atoms with E-state index in [0.29, 0.717) is 13.0 Å². The van der Waals surface area contributed by atoms with Crippen molar-refractivity contribution < 1.29 is 17.9 Å². The van der Waals surface area contributed by atoms with Crippen molar-refractivity contribution in [2.45, 2.75) is 32.5 Å². The molecule has 13 heavy (non-hydrogen) atoms. The van der Waals surface area contributed by atoms with E-state index in [1.165, 1.54) is 0 Å². The minimum Gasteiger partial charge on any atom is -0.369 e. The molecule has 0 rings (SSSR count). The summed E-state index contributed by atoms with van der Waals surface area (Å²) in [6.45, 7) is 3.95. The second kappa shape index (κ2) is 6.21. The van der Waals surface area contributed by atoms with Crippen molar-refractivity contribution >= 4 is 0 Å². The summed E-state index contributed by atoms with van der Waals surface area (Å²) < 4.78 is 39.6. The molecule has 0 aliphatic heterocycles. The van der Waals surface area contributed by atoms with Gasteiger partial charge in [-0.15, -0.1) is 0 Å². The number of halogens is 3. The number of rotatable bonds is 6. The molecule has 0 amide bonds. The lowest BCUT2D eigenvalue weighted by Gasteiger charge is -2.14. The lowest BCUT2D eigenvalue weighted by molar-refractivity contribution is -0.184. The molecule has 0 aromatic carbocycles. The first-order valence-corrected chi connectivity index (χ1v) is 4.34. The molecule has 0 aliphatic carbocycles. The van der Waals surface area contributed by atoms with Gasteiger partial charge in [0.05, 0.1) is 6.10 Å². The normalized spacial score (nSPS) is 14.5. The molecule has 0 radical (unpaired) electrons. The van der Waals surface area contributed by atoms with Gasteiger partial charge < -0.3 is 10.1 Å². The number of ether oxygens (including phenoxy) is 1. The Morgan fingerprint density at radius 3 is 2.46 bits per heavy atom. The summed E-state index contributed by atoms with van der Waals surface area (Å²) in [5.74, 6) is 0. The Hall–Kier alpha value is -0.290. The van der Waals surface area contributed by atoms with E-state index in [1.807, 2.05) is 6.92 Å². The van der Waals surface area contributed by atoms with E-state index in [2.05, 4.69) is 10.1 Å². The fourth-order valence-corrected chi connectivity index (χ4v) is 0.802. The molecule has 0 aromatic heterocycles. The van der Waals surface area contributed by atoms with E-state index in [9.17, 15) is 13.2 Å². The van der Waals surface area contributed by atoms with Crippen LogP contribution in [0.25, 0.3) is 0 Å². The fourth-order valence-electron chi connectivity index (χ4n) is 0.802. The van der Waals surface area contributed by atoms with Crippen LogP contribution in [0.2, 0.25) is 0 Å². The van der Waals surface area contributed by atoms with Crippen LogP contribution in [0.4, 0.5) is 13.2 Å². The minimum atomic E-state index is -4.22. The fraction of sp³-hybridized carbons (Fsp3) is 1.00. The van der Waals surface area contributed by atoms with E-state index < -0.39 is 12.8 Å². The van der Waals surface area contributed by atoms with Gasteiger partial charge >= 0.3 is 6.18 Å². The first-order chi connectivity index (χ1) is 5.95. The lowest BCUT2D eigenvalue weighted by Crippen LogP contribution is -2.25. The van der Waals surface area contributed by atoms with Gasteiger partial charge in [-0.3, -0.25) is 0 Å². The third kappa shape index (κ3) is 9.63. The van der Waals surface area contributed by atoms with Gasteiger partial charge in [0.25, 0.3) is 0 Å². The van der Waals surface area contributed by atoms with Crippen LogP contribution in [-0.2, 0) is 4.74 Å². The van der Waals surface area contributed by atoms with Gasteiger partial charge in [0.15, 0.2) is 0 Å². The number of hydrogen-bond donors (Lipinski definition) is 1. The number of alkyl halides is 3. The zero-order valence-electron chi connectivity index (χ0n) is 7.95. The molecule has 0 spiro atoms. The quantitative estimate of drug-likeness (QED) is 0.660. The van der Waals surface area contributed by atoms with Crippen molar-refractivity contribution in [1.29, 1.82) is 0 Å². The van der Waals surface area contributed by atoms with Crippen molar-refractivity contribution in [3.63, 3.8) is 0 Å². The summed E-state index contributed by atoms with van der Waals surface area (Å²) >= 11 is 0. The SMILES string of the molecule is CCNCCC(C)OCC(F)(F)F. The highest BCUT2D eigenvalue weighted by molar-refractivity contribution is 4.55. The highest BCUT2D eigenvalue weighted by atomic mass is 19.4. The number of hydrogen-bond acceptors (Lipinski definition) is 2. The first kappa shape index (κ1) is 12.7. The van der Waals surface area contributed by atoms with Crippen LogP contribution < -0.4 is 5.32 Å². The molecule has 1 unspecified atom stereocenters. The maximum Gasteiger partial charge on any atom is 0.411 e. The van der Waals surface area contributed by atoms with Gasteiger partial charge in [0.1, 0.15) is 6.61 Å². The van der Waals surface area contributed by atoms with Crippen LogP contribution in [0.15, 0.2) is 0 Å². The van der Waals surface area contributed by atoms with Crippen LogP contribution in [0, 0.1) is 0 Å². The van der Waals surface area contributed by atoms with Crippen LogP contribution in [0.3, 0.4) is 0 Å².